The molecule has 1 atom stereocenters. The first-order chi connectivity index (χ1) is 9.19. The molecule has 1 aromatic carbocycles. The van der Waals surface area contributed by atoms with Crippen LogP contribution in [0.15, 0.2) is 24.3 Å². The Morgan fingerprint density at radius 2 is 2.00 bits per heavy atom. The average molecular weight is 264 g/mol. The molecule has 0 saturated carbocycles. The fourth-order valence-corrected chi connectivity index (χ4v) is 1.66. The van der Waals surface area contributed by atoms with Gasteiger partial charge in [-0.15, -0.1) is 0 Å². The van der Waals surface area contributed by atoms with Crippen molar-refractivity contribution in [1.29, 1.82) is 0 Å². The summed E-state index contributed by atoms with van der Waals surface area (Å²) in [4.78, 5) is 22.0. The van der Waals surface area contributed by atoms with Gasteiger partial charge in [-0.1, -0.05) is 25.5 Å². The fourth-order valence-electron chi connectivity index (χ4n) is 1.66. The zero-order valence-corrected chi connectivity index (χ0v) is 11.4. The summed E-state index contributed by atoms with van der Waals surface area (Å²) in [6.45, 7) is 2.07. The molecule has 0 aliphatic heterocycles. The third kappa shape index (κ3) is 5.55. The standard InChI is InChI=1S/C15H20O4/c1-3-4-5-14(11-16)19-13-8-6-12(7-9-13)10-15(17)18-2/h6-9,11,14H,3-5,10H2,1-2H3. The number of rotatable bonds is 8. The highest BCUT2D eigenvalue weighted by molar-refractivity contribution is 5.72. The summed E-state index contributed by atoms with van der Waals surface area (Å²) in [6.07, 6.45) is 3.40. The van der Waals surface area contributed by atoms with Gasteiger partial charge in [0.15, 0.2) is 12.4 Å². The molecule has 4 nitrogen and oxygen atoms in total. The first-order valence-electron chi connectivity index (χ1n) is 6.47. The minimum absolute atomic E-state index is 0.240. The van der Waals surface area contributed by atoms with Crippen molar-refractivity contribution in [3.05, 3.63) is 29.8 Å². The number of hydrogen-bond donors (Lipinski definition) is 0. The third-order valence-corrected chi connectivity index (χ3v) is 2.78. The monoisotopic (exact) mass is 264 g/mol. The van der Waals surface area contributed by atoms with E-state index in [0.717, 1.165) is 31.1 Å². The van der Waals surface area contributed by atoms with Crippen LogP contribution in [-0.4, -0.2) is 25.5 Å². The van der Waals surface area contributed by atoms with E-state index < -0.39 is 6.10 Å². The quantitative estimate of drug-likeness (QED) is 0.535. The van der Waals surface area contributed by atoms with Crippen molar-refractivity contribution >= 4 is 12.3 Å². The lowest BCUT2D eigenvalue weighted by molar-refractivity contribution is -0.139. The lowest BCUT2D eigenvalue weighted by Crippen LogP contribution is -2.17. The van der Waals surface area contributed by atoms with Gasteiger partial charge in [-0.05, 0) is 30.5 Å². The van der Waals surface area contributed by atoms with Crippen LogP contribution in [0.2, 0.25) is 0 Å². The van der Waals surface area contributed by atoms with E-state index in [1.165, 1.54) is 7.11 Å². The summed E-state index contributed by atoms with van der Waals surface area (Å²) in [6, 6.07) is 7.13. The second-order valence-electron chi connectivity index (χ2n) is 4.33. The Bertz CT molecular complexity index is 397. The van der Waals surface area contributed by atoms with Crippen molar-refractivity contribution in [1.82, 2.24) is 0 Å². The summed E-state index contributed by atoms with van der Waals surface area (Å²) >= 11 is 0. The van der Waals surface area contributed by atoms with Crippen LogP contribution < -0.4 is 4.74 Å². The van der Waals surface area contributed by atoms with Crippen molar-refractivity contribution in [2.24, 2.45) is 0 Å². The molecule has 0 radical (unpaired) electrons. The highest BCUT2D eigenvalue weighted by atomic mass is 16.5. The summed E-state index contributed by atoms with van der Waals surface area (Å²) in [5, 5.41) is 0. The molecule has 0 aliphatic rings. The van der Waals surface area contributed by atoms with Gasteiger partial charge in [-0.3, -0.25) is 9.59 Å². The van der Waals surface area contributed by atoms with E-state index in [9.17, 15) is 9.59 Å². The number of unbranched alkanes of at least 4 members (excludes halogenated alkanes) is 1. The average Bonchev–Trinajstić information content (AvgIpc) is 2.45. The predicted molar refractivity (Wildman–Crippen MR) is 72.2 cm³/mol. The minimum atomic E-state index is -0.397. The summed E-state index contributed by atoms with van der Waals surface area (Å²) < 4.78 is 10.2. The summed E-state index contributed by atoms with van der Waals surface area (Å²) in [5.41, 5.74) is 0.857. The molecule has 0 amide bonds. The summed E-state index contributed by atoms with van der Waals surface area (Å²) in [7, 11) is 1.36. The van der Waals surface area contributed by atoms with Crippen LogP contribution in [0, 0.1) is 0 Å². The van der Waals surface area contributed by atoms with E-state index in [1.54, 1.807) is 24.3 Å². The van der Waals surface area contributed by atoms with Crippen LogP contribution in [0.25, 0.3) is 0 Å². The number of esters is 1. The molecule has 4 heteroatoms. The molecule has 0 fully saturated rings. The van der Waals surface area contributed by atoms with Gasteiger partial charge in [0.25, 0.3) is 0 Å². The molecule has 0 aliphatic carbocycles. The zero-order valence-electron chi connectivity index (χ0n) is 11.4. The van der Waals surface area contributed by atoms with Crippen LogP contribution in [-0.2, 0) is 20.7 Å². The molecular formula is C15H20O4. The molecule has 0 saturated heterocycles. The van der Waals surface area contributed by atoms with Crippen molar-refractivity contribution in [2.75, 3.05) is 7.11 Å². The van der Waals surface area contributed by atoms with Crippen LogP contribution in [0.1, 0.15) is 31.7 Å². The van der Waals surface area contributed by atoms with Gasteiger partial charge in [-0.2, -0.15) is 0 Å². The van der Waals surface area contributed by atoms with Crippen molar-refractivity contribution in [3.63, 3.8) is 0 Å². The van der Waals surface area contributed by atoms with E-state index >= 15 is 0 Å². The van der Waals surface area contributed by atoms with Crippen molar-refractivity contribution < 1.29 is 19.1 Å². The number of carbonyl (C=O) groups excluding carboxylic acids is 2. The Morgan fingerprint density at radius 1 is 1.32 bits per heavy atom. The molecule has 0 bridgehead atoms. The fraction of sp³-hybridized carbons (Fsp3) is 0.467. The van der Waals surface area contributed by atoms with Gasteiger partial charge in [0, 0.05) is 0 Å². The Morgan fingerprint density at radius 3 is 2.53 bits per heavy atom. The highest BCUT2D eigenvalue weighted by Crippen LogP contribution is 2.16. The number of aldehydes is 1. The second-order valence-corrected chi connectivity index (χ2v) is 4.33. The van der Waals surface area contributed by atoms with E-state index in [1.807, 2.05) is 0 Å². The molecule has 0 spiro atoms. The molecule has 0 heterocycles. The SMILES string of the molecule is CCCCC(C=O)Oc1ccc(CC(=O)OC)cc1. The first-order valence-corrected chi connectivity index (χ1v) is 6.47. The van der Waals surface area contributed by atoms with Crippen molar-refractivity contribution in [2.45, 2.75) is 38.7 Å². The van der Waals surface area contributed by atoms with Gasteiger partial charge >= 0.3 is 5.97 Å². The molecule has 0 aromatic heterocycles. The highest BCUT2D eigenvalue weighted by Gasteiger charge is 2.09. The maximum atomic E-state index is 11.1. The Labute approximate surface area is 113 Å². The van der Waals surface area contributed by atoms with Crippen LogP contribution >= 0.6 is 0 Å². The number of benzene rings is 1. The molecule has 1 unspecified atom stereocenters. The van der Waals surface area contributed by atoms with Gasteiger partial charge in [0.2, 0.25) is 0 Å². The minimum Gasteiger partial charge on any atom is -0.483 e. The third-order valence-electron chi connectivity index (χ3n) is 2.78. The zero-order chi connectivity index (χ0) is 14.1. The van der Waals surface area contributed by atoms with E-state index in [-0.39, 0.29) is 12.4 Å². The van der Waals surface area contributed by atoms with E-state index in [4.69, 9.17) is 4.74 Å². The number of hydrogen-bond acceptors (Lipinski definition) is 4. The van der Waals surface area contributed by atoms with Gasteiger partial charge in [0.1, 0.15) is 5.75 Å². The van der Waals surface area contributed by atoms with Gasteiger partial charge in [0.05, 0.1) is 13.5 Å². The van der Waals surface area contributed by atoms with Crippen LogP contribution in [0.5, 0.6) is 5.75 Å². The van der Waals surface area contributed by atoms with Gasteiger partial charge < -0.3 is 9.47 Å². The first kappa shape index (κ1) is 15.2. The molecular weight excluding hydrogens is 244 g/mol. The molecule has 104 valence electrons. The van der Waals surface area contributed by atoms with Gasteiger partial charge in [-0.25, -0.2) is 0 Å². The Kier molecular flexibility index (Phi) is 6.64. The summed E-state index contributed by atoms with van der Waals surface area (Å²) in [5.74, 6) is 0.365. The van der Waals surface area contributed by atoms with Crippen molar-refractivity contribution in [3.8, 4) is 5.75 Å². The maximum Gasteiger partial charge on any atom is 0.309 e. The number of carbonyl (C=O) groups is 2. The maximum absolute atomic E-state index is 11.1. The number of methoxy groups -OCH3 is 1. The Balaban J connectivity index is 2.55. The Hall–Kier alpha value is -1.84. The predicted octanol–water partition coefficient (Wildman–Crippen LogP) is 2.54. The second kappa shape index (κ2) is 8.29. The van der Waals surface area contributed by atoms with E-state index in [0.29, 0.717) is 5.75 Å². The molecule has 0 N–H and O–H groups in total. The number of ether oxygens (including phenoxy) is 2. The van der Waals surface area contributed by atoms with Crippen LogP contribution in [0.4, 0.5) is 0 Å². The molecule has 19 heavy (non-hydrogen) atoms. The molecule has 1 rings (SSSR count). The lowest BCUT2D eigenvalue weighted by atomic mass is 10.1. The lowest BCUT2D eigenvalue weighted by Gasteiger charge is -2.13. The largest absolute Gasteiger partial charge is 0.483 e. The topological polar surface area (TPSA) is 52.6 Å². The van der Waals surface area contributed by atoms with Crippen LogP contribution in [0.3, 0.4) is 0 Å². The molecule has 1 aromatic rings. The normalized spacial score (nSPS) is 11.7. The smallest absolute Gasteiger partial charge is 0.309 e. The van der Waals surface area contributed by atoms with E-state index in [2.05, 4.69) is 11.7 Å².